The fraction of sp³-hybridized carbons (Fsp3) is 0.200. The first-order chi connectivity index (χ1) is 11.7. The van der Waals surface area contributed by atoms with Crippen LogP contribution in [0.15, 0.2) is 48.7 Å². The zero-order chi connectivity index (χ0) is 16.5. The lowest BCUT2D eigenvalue weighted by Crippen LogP contribution is -2.25. The number of benzene rings is 2. The average Bonchev–Trinajstić information content (AvgIpc) is 3.20. The largest absolute Gasteiger partial charge is 0.346 e. The molecule has 0 saturated carbocycles. The van der Waals surface area contributed by atoms with Crippen molar-refractivity contribution in [2.45, 2.75) is 25.8 Å². The van der Waals surface area contributed by atoms with E-state index < -0.39 is 0 Å². The van der Waals surface area contributed by atoms with Crippen LogP contribution in [0.1, 0.15) is 34.7 Å². The lowest BCUT2D eigenvalue weighted by atomic mass is 10.0. The molecule has 0 radical (unpaired) electrons. The maximum absolute atomic E-state index is 12.3. The number of aromatic amines is 1. The molecule has 120 valence electrons. The summed E-state index contributed by atoms with van der Waals surface area (Å²) >= 11 is 0. The van der Waals surface area contributed by atoms with Crippen molar-refractivity contribution in [3.8, 4) is 0 Å². The van der Waals surface area contributed by atoms with Crippen LogP contribution in [-0.4, -0.2) is 16.1 Å². The van der Waals surface area contributed by atoms with Crippen LogP contribution in [0.5, 0.6) is 0 Å². The highest BCUT2D eigenvalue weighted by Crippen LogP contribution is 2.33. The first kappa shape index (κ1) is 14.7. The zero-order valence-corrected chi connectivity index (χ0v) is 13.5. The van der Waals surface area contributed by atoms with E-state index in [1.165, 1.54) is 16.7 Å². The summed E-state index contributed by atoms with van der Waals surface area (Å²) < 4.78 is 0. The number of hydrogen-bond acceptors (Lipinski definition) is 2. The molecule has 1 atom stereocenters. The predicted octanol–water partition coefficient (Wildman–Crippen LogP) is 3.69. The maximum atomic E-state index is 12.3. The van der Waals surface area contributed by atoms with Gasteiger partial charge in [0.1, 0.15) is 0 Å². The van der Waals surface area contributed by atoms with E-state index in [-0.39, 0.29) is 11.9 Å². The Balaban J connectivity index is 1.48. The number of nitrogens with zero attached hydrogens (tertiary/aromatic N) is 1. The van der Waals surface area contributed by atoms with E-state index in [1.54, 1.807) is 12.3 Å². The van der Waals surface area contributed by atoms with Crippen molar-refractivity contribution in [2.75, 3.05) is 0 Å². The molecule has 0 saturated heterocycles. The monoisotopic (exact) mass is 317 g/mol. The molecule has 0 fully saturated rings. The Kier molecular flexibility index (Phi) is 3.65. The maximum Gasteiger partial charge on any atom is 0.244 e. The lowest BCUT2D eigenvalue weighted by molar-refractivity contribution is -0.117. The fourth-order valence-corrected chi connectivity index (χ4v) is 3.50. The van der Waals surface area contributed by atoms with Gasteiger partial charge in [0.05, 0.1) is 17.8 Å². The molecular formula is C20H19N3O. The normalized spacial score (nSPS) is 16.6. The van der Waals surface area contributed by atoms with Crippen molar-refractivity contribution in [3.05, 3.63) is 70.9 Å². The molecule has 4 rings (SSSR count). The minimum Gasteiger partial charge on any atom is -0.346 e. The fourth-order valence-electron chi connectivity index (χ4n) is 3.50. The van der Waals surface area contributed by atoms with Gasteiger partial charge < -0.3 is 5.32 Å². The highest BCUT2D eigenvalue weighted by Gasteiger charge is 2.24. The van der Waals surface area contributed by atoms with Gasteiger partial charge in [0.25, 0.3) is 0 Å². The molecule has 3 aromatic rings. The van der Waals surface area contributed by atoms with Crippen LogP contribution < -0.4 is 5.32 Å². The van der Waals surface area contributed by atoms with Gasteiger partial charge in [-0.25, -0.2) is 0 Å². The summed E-state index contributed by atoms with van der Waals surface area (Å²) in [6.07, 6.45) is 7.23. The molecule has 1 heterocycles. The molecule has 0 spiro atoms. The summed E-state index contributed by atoms with van der Waals surface area (Å²) in [5, 5.41) is 11.1. The summed E-state index contributed by atoms with van der Waals surface area (Å²) in [4.78, 5) is 12.3. The van der Waals surface area contributed by atoms with Crippen molar-refractivity contribution >= 4 is 22.9 Å². The number of aryl methyl sites for hydroxylation is 2. The van der Waals surface area contributed by atoms with Crippen LogP contribution in [0.25, 0.3) is 17.0 Å². The minimum absolute atomic E-state index is 0.0548. The van der Waals surface area contributed by atoms with Crippen molar-refractivity contribution in [3.63, 3.8) is 0 Å². The van der Waals surface area contributed by atoms with Crippen LogP contribution in [0.2, 0.25) is 0 Å². The minimum atomic E-state index is -0.0548. The molecule has 1 unspecified atom stereocenters. The molecule has 4 heteroatoms. The highest BCUT2D eigenvalue weighted by molar-refractivity contribution is 5.92. The van der Waals surface area contributed by atoms with E-state index in [4.69, 9.17) is 0 Å². The van der Waals surface area contributed by atoms with Gasteiger partial charge in [-0.1, -0.05) is 30.3 Å². The van der Waals surface area contributed by atoms with Gasteiger partial charge in [-0.2, -0.15) is 5.10 Å². The Labute approximate surface area is 140 Å². The van der Waals surface area contributed by atoms with Crippen LogP contribution in [0.4, 0.5) is 0 Å². The second kappa shape index (κ2) is 5.96. The van der Waals surface area contributed by atoms with E-state index in [9.17, 15) is 4.79 Å². The standard InChI is InChI=1S/C20H19N3O/c1-13-3-2-4-15-8-9-17(20(13)15)22-19(24)10-6-14-5-7-16-12-21-23-18(16)11-14/h2-7,10-12,17H,8-9H2,1H3,(H,21,23)(H,22,24)/b10-6+. The molecule has 1 aromatic heterocycles. The molecule has 0 bridgehead atoms. The van der Waals surface area contributed by atoms with Crippen molar-refractivity contribution in [1.29, 1.82) is 0 Å². The Hall–Kier alpha value is -2.88. The van der Waals surface area contributed by atoms with Crippen molar-refractivity contribution in [1.82, 2.24) is 15.5 Å². The molecule has 1 aliphatic rings. The number of carbonyl (C=O) groups excluding carboxylic acids is 1. The third-order valence-corrected chi connectivity index (χ3v) is 4.67. The summed E-state index contributed by atoms with van der Waals surface area (Å²) in [7, 11) is 0. The Morgan fingerprint density at radius 1 is 1.33 bits per heavy atom. The third kappa shape index (κ3) is 2.71. The molecule has 24 heavy (non-hydrogen) atoms. The van der Waals surface area contributed by atoms with E-state index in [2.05, 4.69) is 40.6 Å². The van der Waals surface area contributed by atoms with Crippen molar-refractivity contribution < 1.29 is 4.79 Å². The summed E-state index contributed by atoms with van der Waals surface area (Å²) in [5.74, 6) is -0.0548. The van der Waals surface area contributed by atoms with Gasteiger partial charge >= 0.3 is 0 Å². The van der Waals surface area contributed by atoms with Gasteiger partial charge in [0.2, 0.25) is 5.91 Å². The number of H-pyrrole nitrogens is 1. The van der Waals surface area contributed by atoms with Gasteiger partial charge in [-0.05, 0) is 54.2 Å². The SMILES string of the molecule is Cc1cccc2c1C(NC(=O)/C=C/c1ccc3cn[nH]c3c1)CC2. The van der Waals surface area contributed by atoms with Gasteiger partial charge in [0, 0.05) is 11.5 Å². The van der Waals surface area contributed by atoms with Crippen molar-refractivity contribution in [2.24, 2.45) is 0 Å². The zero-order valence-electron chi connectivity index (χ0n) is 13.5. The van der Waals surface area contributed by atoms with Crippen LogP contribution in [-0.2, 0) is 11.2 Å². The van der Waals surface area contributed by atoms with E-state index in [0.29, 0.717) is 0 Å². The number of rotatable bonds is 3. The molecular weight excluding hydrogens is 298 g/mol. The van der Waals surface area contributed by atoms with Crippen LogP contribution in [0, 0.1) is 6.92 Å². The number of amides is 1. The van der Waals surface area contributed by atoms with Gasteiger partial charge in [0.15, 0.2) is 0 Å². The van der Waals surface area contributed by atoms with E-state index in [1.807, 2.05) is 24.3 Å². The van der Waals surface area contributed by atoms with E-state index in [0.717, 1.165) is 29.3 Å². The van der Waals surface area contributed by atoms with Crippen LogP contribution in [0.3, 0.4) is 0 Å². The number of carbonyl (C=O) groups is 1. The number of hydrogen-bond donors (Lipinski definition) is 2. The molecule has 0 aliphatic heterocycles. The molecule has 4 nitrogen and oxygen atoms in total. The summed E-state index contributed by atoms with van der Waals surface area (Å²) in [6, 6.07) is 12.4. The van der Waals surface area contributed by atoms with Gasteiger partial charge in [-0.3, -0.25) is 9.89 Å². The van der Waals surface area contributed by atoms with Gasteiger partial charge in [-0.15, -0.1) is 0 Å². The molecule has 2 N–H and O–H groups in total. The predicted molar refractivity (Wildman–Crippen MR) is 95.5 cm³/mol. The second-order valence-electron chi connectivity index (χ2n) is 6.30. The summed E-state index contributed by atoms with van der Waals surface area (Å²) in [6.45, 7) is 2.11. The number of nitrogens with one attached hydrogen (secondary N) is 2. The Morgan fingerprint density at radius 3 is 3.17 bits per heavy atom. The quantitative estimate of drug-likeness (QED) is 0.724. The third-order valence-electron chi connectivity index (χ3n) is 4.67. The molecule has 2 aromatic carbocycles. The Morgan fingerprint density at radius 2 is 2.25 bits per heavy atom. The van der Waals surface area contributed by atoms with Crippen LogP contribution >= 0.6 is 0 Å². The average molecular weight is 317 g/mol. The topological polar surface area (TPSA) is 57.8 Å². The molecule has 1 amide bonds. The second-order valence-corrected chi connectivity index (χ2v) is 6.30. The molecule has 1 aliphatic carbocycles. The lowest BCUT2D eigenvalue weighted by Gasteiger charge is -2.15. The number of fused-ring (bicyclic) bond motifs is 2. The first-order valence-corrected chi connectivity index (χ1v) is 8.21. The first-order valence-electron chi connectivity index (χ1n) is 8.21. The summed E-state index contributed by atoms with van der Waals surface area (Å²) in [5.41, 5.74) is 5.85. The number of aromatic nitrogens is 2. The van der Waals surface area contributed by atoms with E-state index >= 15 is 0 Å². The smallest absolute Gasteiger partial charge is 0.244 e. The Bertz CT molecular complexity index is 939. The highest BCUT2D eigenvalue weighted by atomic mass is 16.1.